The first-order valence-corrected chi connectivity index (χ1v) is 6.64. The largest absolute Gasteiger partial charge is 0.355 e. The molecule has 0 aliphatic rings. The molecule has 0 saturated carbocycles. The summed E-state index contributed by atoms with van der Waals surface area (Å²) >= 11 is 6.18. The fraction of sp³-hybridized carbons (Fsp3) is 0.462. The molecule has 1 atom stereocenters. The highest BCUT2D eigenvalue weighted by Gasteiger charge is 2.16. The molecule has 0 radical (unpaired) electrons. The van der Waals surface area contributed by atoms with E-state index < -0.39 is 0 Å². The number of halogens is 1. The van der Waals surface area contributed by atoms with Crippen molar-refractivity contribution in [2.24, 2.45) is 0 Å². The number of nitrogens with zero attached hydrogens (tertiary/aromatic N) is 3. The van der Waals surface area contributed by atoms with Crippen LogP contribution in [0.2, 0.25) is 0 Å². The van der Waals surface area contributed by atoms with Crippen LogP contribution in [0.5, 0.6) is 0 Å². The molecule has 0 spiro atoms. The van der Waals surface area contributed by atoms with Crippen LogP contribution >= 0.6 is 11.6 Å². The maximum atomic E-state index is 10.9. The van der Waals surface area contributed by atoms with Gasteiger partial charge in [-0.3, -0.25) is 4.79 Å². The van der Waals surface area contributed by atoms with Crippen molar-refractivity contribution in [1.29, 1.82) is 0 Å². The number of fused-ring (bicyclic) bond motifs is 1. The Morgan fingerprint density at radius 3 is 2.95 bits per heavy atom. The first-order chi connectivity index (χ1) is 9.00. The van der Waals surface area contributed by atoms with Gasteiger partial charge in [0.2, 0.25) is 5.91 Å². The van der Waals surface area contributed by atoms with Crippen LogP contribution in [0.1, 0.15) is 30.6 Å². The molecule has 2 aromatic heterocycles. The number of hydrogen-bond donors (Lipinski definition) is 1. The zero-order chi connectivity index (χ0) is 14.0. The molecule has 2 aromatic rings. The predicted molar refractivity (Wildman–Crippen MR) is 75.2 cm³/mol. The molecule has 1 amide bonds. The Labute approximate surface area is 117 Å². The van der Waals surface area contributed by atoms with E-state index in [4.69, 9.17) is 11.6 Å². The van der Waals surface area contributed by atoms with Crippen molar-refractivity contribution in [3.05, 3.63) is 23.7 Å². The van der Waals surface area contributed by atoms with Gasteiger partial charge in [0.25, 0.3) is 0 Å². The summed E-state index contributed by atoms with van der Waals surface area (Å²) in [5, 5.41) is 2.57. The summed E-state index contributed by atoms with van der Waals surface area (Å²) in [6.45, 7) is 6.52. The SMILES string of the molecule is CC(=O)NCCn1c(C(C)Cl)nc2c(C)ccnc21. The second-order valence-electron chi connectivity index (χ2n) is 4.52. The number of nitrogens with one attached hydrogen (secondary N) is 1. The van der Waals surface area contributed by atoms with Gasteiger partial charge in [-0.15, -0.1) is 11.6 Å². The van der Waals surface area contributed by atoms with Crippen LogP contribution in [0.15, 0.2) is 12.3 Å². The summed E-state index contributed by atoms with van der Waals surface area (Å²) < 4.78 is 1.97. The molecule has 0 aromatic carbocycles. The minimum atomic E-state index is -0.203. The number of alkyl halides is 1. The molecule has 0 aliphatic carbocycles. The van der Waals surface area contributed by atoms with Crippen LogP contribution < -0.4 is 5.32 Å². The van der Waals surface area contributed by atoms with Gasteiger partial charge in [0.15, 0.2) is 5.65 Å². The highest BCUT2D eigenvalue weighted by atomic mass is 35.5. The molecule has 5 nitrogen and oxygen atoms in total. The van der Waals surface area contributed by atoms with E-state index in [2.05, 4.69) is 15.3 Å². The van der Waals surface area contributed by atoms with Gasteiger partial charge < -0.3 is 9.88 Å². The highest BCUT2D eigenvalue weighted by Crippen LogP contribution is 2.24. The van der Waals surface area contributed by atoms with Gasteiger partial charge in [0.1, 0.15) is 11.3 Å². The Kier molecular flexibility index (Phi) is 4.04. The van der Waals surface area contributed by atoms with E-state index in [1.165, 1.54) is 6.92 Å². The second kappa shape index (κ2) is 5.57. The highest BCUT2D eigenvalue weighted by molar-refractivity contribution is 6.20. The third-order valence-corrected chi connectivity index (χ3v) is 3.13. The van der Waals surface area contributed by atoms with E-state index in [1.54, 1.807) is 6.20 Å². The van der Waals surface area contributed by atoms with E-state index in [0.29, 0.717) is 13.1 Å². The molecule has 0 fully saturated rings. The maximum Gasteiger partial charge on any atom is 0.216 e. The van der Waals surface area contributed by atoms with E-state index in [1.807, 2.05) is 24.5 Å². The number of hydrogen-bond acceptors (Lipinski definition) is 3. The molecule has 0 saturated heterocycles. The predicted octanol–water partition coefficient (Wildman–Crippen LogP) is 2.18. The van der Waals surface area contributed by atoms with Crippen molar-refractivity contribution in [3.8, 4) is 0 Å². The summed E-state index contributed by atoms with van der Waals surface area (Å²) in [5.74, 6) is 0.734. The quantitative estimate of drug-likeness (QED) is 0.873. The van der Waals surface area contributed by atoms with Crippen molar-refractivity contribution in [3.63, 3.8) is 0 Å². The van der Waals surface area contributed by atoms with Crippen LogP contribution in [0.4, 0.5) is 0 Å². The minimum Gasteiger partial charge on any atom is -0.355 e. The molecule has 0 bridgehead atoms. The van der Waals surface area contributed by atoms with Crippen molar-refractivity contribution in [1.82, 2.24) is 19.9 Å². The number of carbonyl (C=O) groups excluding carboxylic acids is 1. The molecular weight excluding hydrogens is 264 g/mol. The smallest absolute Gasteiger partial charge is 0.216 e. The van der Waals surface area contributed by atoms with Crippen molar-refractivity contribution >= 4 is 28.7 Å². The van der Waals surface area contributed by atoms with Gasteiger partial charge >= 0.3 is 0 Å². The summed E-state index contributed by atoms with van der Waals surface area (Å²) in [7, 11) is 0. The van der Waals surface area contributed by atoms with Crippen LogP contribution in [0, 0.1) is 6.92 Å². The summed E-state index contributed by atoms with van der Waals surface area (Å²) in [6.07, 6.45) is 1.76. The van der Waals surface area contributed by atoms with Crippen molar-refractivity contribution in [2.45, 2.75) is 32.7 Å². The lowest BCUT2D eigenvalue weighted by molar-refractivity contribution is -0.118. The van der Waals surface area contributed by atoms with Gasteiger partial charge in [0.05, 0.1) is 5.38 Å². The number of aromatic nitrogens is 3. The maximum absolute atomic E-state index is 10.9. The average molecular weight is 281 g/mol. The fourth-order valence-corrected chi connectivity index (χ4v) is 2.19. The number of rotatable bonds is 4. The summed E-state index contributed by atoms with van der Waals surface area (Å²) in [5.41, 5.74) is 2.75. The summed E-state index contributed by atoms with van der Waals surface area (Å²) in [4.78, 5) is 19.9. The third kappa shape index (κ3) is 2.87. The lowest BCUT2D eigenvalue weighted by Crippen LogP contribution is -2.25. The molecular formula is C13H17ClN4O. The van der Waals surface area contributed by atoms with E-state index >= 15 is 0 Å². The Bertz CT molecular complexity index is 606. The van der Waals surface area contributed by atoms with Gasteiger partial charge in [-0.25, -0.2) is 9.97 Å². The van der Waals surface area contributed by atoms with Gasteiger partial charge in [-0.1, -0.05) is 0 Å². The van der Waals surface area contributed by atoms with Crippen LogP contribution in [0.3, 0.4) is 0 Å². The molecule has 102 valence electrons. The number of carbonyl (C=O) groups is 1. The Hall–Kier alpha value is -1.62. The van der Waals surface area contributed by atoms with Crippen LogP contribution in [-0.2, 0) is 11.3 Å². The normalized spacial score (nSPS) is 12.6. The van der Waals surface area contributed by atoms with E-state index in [9.17, 15) is 4.79 Å². The van der Waals surface area contributed by atoms with Gasteiger partial charge in [-0.2, -0.15) is 0 Å². The molecule has 2 rings (SSSR count). The third-order valence-electron chi connectivity index (χ3n) is 2.93. The van der Waals surface area contributed by atoms with Gasteiger partial charge in [-0.05, 0) is 25.5 Å². The second-order valence-corrected chi connectivity index (χ2v) is 5.18. The Balaban J connectivity index is 2.41. The fourth-order valence-electron chi connectivity index (χ4n) is 2.02. The molecule has 1 N–H and O–H groups in total. The summed E-state index contributed by atoms with van der Waals surface area (Å²) in [6, 6.07) is 1.93. The number of amides is 1. The average Bonchev–Trinajstić information content (AvgIpc) is 2.70. The monoisotopic (exact) mass is 280 g/mol. The van der Waals surface area contributed by atoms with Gasteiger partial charge in [0, 0.05) is 26.2 Å². The molecule has 0 aliphatic heterocycles. The Morgan fingerprint density at radius 1 is 1.58 bits per heavy atom. The number of pyridine rings is 1. The molecule has 2 heterocycles. The van der Waals surface area contributed by atoms with E-state index in [0.717, 1.165) is 22.6 Å². The standard InChI is InChI=1S/C13H17ClN4O/c1-8-4-5-16-13-11(8)17-12(9(2)14)18(13)7-6-15-10(3)19/h4-5,9H,6-7H2,1-3H3,(H,15,19). The molecule has 6 heteroatoms. The number of imidazole rings is 1. The van der Waals surface area contributed by atoms with Crippen molar-refractivity contribution < 1.29 is 4.79 Å². The topological polar surface area (TPSA) is 59.8 Å². The lowest BCUT2D eigenvalue weighted by Gasteiger charge is -2.10. The first-order valence-electron chi connectivity index (χ1n) is 6.21. The number of aryl methyl sites for hydroxylation is 1. The molecule has 1 unspecified atom stereocenters. The zero-order valence-corrected chi connectivity index (χ0v) is 12.0. The lowest BCUT2D eigenvalue weighted by atomic mass is 10.3. The minimum absolute atomic E-state index is 0.0472. The zero-order valence-electron chi connectivity index (χ0n) is 11.3. The van der Waals surface area contributed by atoms with E-state index in [-0.39, 0.29) is 11.3 Å². The first kappa shape index (κ1) is 13.8. The van der Waals surface area contributed by atoms with Crippen LogP contribution in [-0.4, -0.2) is 27.0 Å². The van der Waals surface area contributed by atoms with Crippen molar-refractivity contribution in [2.75, 3.05) is 6.54 Å². The Morgan fingerprint density at radius 2 is 2.32 bits per heavy atom. The van der Waals surface area contributed by atoms with Crippen LogP contribution in [0.25, 0.3) is 11.2 Å². The molecule has 19 heavy (non-hydrogen) atoms.